The Labute approximate surface area is 158 Å². The number of benzene rings is 1. The van der Waals surface area contributed by atoms with Crippen molar-refractivity contribution < 1.29 is 19.1 Å². The van der Waals surface area contributed by atoms with Gasteiger partial charge in [0.05, 0.1) is 25.3 Å². The molecule has 1 aliphatic heterocycles. The number of carbonyl (C=O) groups is 2. The number of ether oxygens (including phenoxy) is 2. The van der Waals surface area contributed by atoms with Crippen molar-refractivity contribution in [1.82, 2.24) is 9.78 Å². The van der Waals surface area contributed by atoms with Crippen LogP contribution in [0.15, 0.2) is 28.9 Å². The lowest BCUT2D eigenvalue weighted by Gasteiger charge is -2.22. The van der Waals surface area contributed by atoms with Gasteiger partial charge in [-0.15, -0.1) is 0 Å². The van der Waals surface area contributed by atoms with Crippen molar-refractivity contribution in [3.8, 4) is 0 Å². The summed E-state index contributed by atoms with van der Waals surface area (Å²) in [7, 11) is 1.31. The summed E-state index contributed by atoms with van der Waals surface area (Å²) in [6.45, 7) is 1.28. The third kappa shape index (κ3) is 3.88. The van der Waals surface area contributed by atoms with Crippen LogP contribution in [0.5, 0.6) is 0 Å². The zero-order chi connectivity index (χ0) is 18.7. The molecule has 0 unspecified atom stereocenters. The summed E-state index contributed by atoms with van der Waals surface area (Å²) in [4.78, 5) is 23.6. The minimum atomic E-state index is -0.583. The van der Waals surface area contributed by atoms with Gasteiger partial charge in [-0.25, -0.2) is 4.79 Å². The molecule has 1 saturated heterocycles. The Morgan fingerprint density at radius 1 is 1.42 bits per heavy atom. The third-order valence-electron chi connectivity index (χ3n) is 4.14. The SMILES string of the molecule is COC(=O)c1cc(Nc2nn([C@@H]3CCCOC3)cc2C(N)=O)ccc1Br. The summed E-state index contributed by atoms with van der Waals surface area (Å²) in [6.07, 6.45) is 3.49. The zero-order valence-corrected chi connectivity index (χ0v) is 15.8. The maximum atomic E-state index is 11.8. The number of methoxy groups -OCH3 is 1. The molecule has 26 heavy (non-hydrogen) atoms. The first-order chi connectivity index (χ1) is 12.5. The highest BCUT2D eigenvalue weighted by Crippen LogP contribution is 2.27. The van der Waals surface area contributed by atoms with Crippen LogP contribution in [-0.4, -0.2) is 42.0 Å². The molecular formula is C17H19BrN4O4. The molecule has 0 saturated carbocycles. The number of amides is 1. The van der Waals surface area contributed by atoms with Gasteiger partial charge >= 0.3 is 5.97 Å². The fourth-order valence-electron chi connectivity index (χ4n) is 2.79. The van der Waals surface area contributed by atoms with Gasteiger partial charge in [0, 0.05) is 23.0 Å². The second-order valence-electron chi connectivity index (χ2n) is 5.92. The minimum absolute atomic E-state index is 0.0629. The number of halogens is 1. The van der Waals surface area contributed by atoms with Gasteiger partial charge < -0.3 is 20.5 Å². The van der Waals surface area contributed by atoms with Gasteiger partial charge in [-0.1, -0.05) is 0 Å². The molecule has 138 valence electrons. The van der Waals surface area contributed by atoms with Crippen molar-refractivity contribution in [2.75, 3.05) is 25.6 Å². The maximum absolute atomic E-state index is 11.8. The summed E-state index contributed by atoms with van der Waals surface area (Å²) < 4.78 is 12.6. The molecule has 0 spiro atoms. The Morgan fingerprint density at radius 2 is 2.23 bits per heavy atom. The molecule has 1 aromatic heterocycles. The molecule has 1 aliphatic rings. The molecule has 1 fully saturated rings. The smallest absolute Gasteiger partial charge is 0.339 e. The van der Waals surface area contributed by atoms with Crippen LogP contribution in [0, 0.1) is 0 Å². The van der Waals surface area contributed by atoms with Gasteiger partial charge in [-0.3, -0.25) is 9.48 Å². The van der Waals surface area contributed by atoms with Crippen LogP contribution in [0.25, 0.3) is 0 Å². The monoisotopic (exact) mass is 422 g/mol. The molecule has 0 bridgehead atoms. The van der Waals surface area contributed by atoms with E-state index >= 15 is 0 Å². The Hall–Kier alpha value is -2.39. The summed E-state index contributed by atoms with van der Waals surface area (Å²) in [5.74, 6) is -0.720. The standard InChI is InChI=1S/C17H19BrN4O4/c1-25-17(24)12-7-10(4-5-14(12)18)20-16-13(15(19)23)8-22(21-16)11-3-2-6-26-9-11/h4-5,7-8,11H,2-3,6,9H2,1H3,(H2,19,23)(H,20,21)/t11-/m1/s1. The van der Waals surface area contributed by atoms with E-state index in [2.05, 4.69) is 26.3 Å². The quantitative estimate of drug-likeness (QED) is 0.716. The number of primary amides is 1. The molecule has 3 rings (SSSR count). The molecule has 2 aromatic rings. The van der Waals surface area contributed by atoms with E-state index in [1.807, 2.05) is 0 Å². The summed E-state index contributed by atoms with van der Waals surface area (Å²) in [5, 5.41) is 7.52. The second-order valence-corrected chi connectivity index (χ2v) is 6.77. The first-order valence-electron chi connectivity index (χ1n) is 8.11. The predicted octanol–water partition coefficient (Wildman–Crippen LogP) is 2.63. The lowest BCUT2D eigenvalue weighted by Crippen LogP contribution is -2.21. The topological polar surface area (TPSA) is 108 Å². The highest BCUT2D eigenvalue weighted by molar-refractivity contribution is 9.10. The zero-order valence-electron chi connectivity index (χ0n) is 14.2. The van der Waals surface area contributed by atoms with Crippen LogP contribution in [0.4, 0.5) is 11.5 Å². The Balaban J connectivity index is 1.90. The first kappa shape index (κ1) is 18.4. The normalized spacial score (nSPS) is 16.9. The molecule has 8 nitrogen and oxygen atoms in total. The third-order valence-corrected chi connectivity index (χ3v) is 4.83. The number of nitrogens with zero attached hydrogens (tertiary/aromatic N) is 2. The van der Waals surface area contributed by atoms with Crippen LogP contribution in [0.1, 0.15) is 39.6 Å². The molecule has 1 aromatic carbocycles. The van der Waals surface area contributed by atoms with Crippen LogP contribution in [0.3, 0.4) is 0 Å². The van der Waals surface area contributed by atoms with Gasteiger partial charge in [0.2, 0.25) is 0 Å². The summed E-state index contributed by atoms with van der Waals surface area (Å²) in [5.41, 5.74) is 6.71. The van der Waals surface area contributed by atoms with Gasteiger partial charge in [0.15, 0.2) is 5.82 Å². The molecule has 1 atom stereocenters. The highest BCUT2D eigenvalue weighted by atomic mass is 79.9. The molecule has 1 amide bonds. The second kappa shape index (κ2) is 7.88. The van der Waals surface area contributed by atoms with E-state index in [9.17, 15) is 9.59 Å². The van der Waals surface area contributed by atoms with Gasteiger partial charge in [0.1, 0.15) is 5.56 Å². The Morgan fingerprint density at radius 3 is 2.88 bits per heavy atom. The number of carbonyl (C=O) groups excluding carboxylic acids is 2. The van der Waals surface area contributed by atoms with Crippen LogP contribution < -0.4 is 11.1 Å². The van der Waals surface area contributed by atoms with Crippen LogP contribution in [-0.2, 0) is 9.47 Å². The lowest BCUT2D eigenvalue weighted by atomic mass is 10.1. The molecule has 2 heterocycles. The number of esters is 1. The van der Waals surface area contributed by atoms with E-state index in [-0.39, 0.29) is 11.6 Å². The number of aromatic nitrogens is 2. The molecule has 0 radical (unpaired) electrons. The van der Waals surface area contributed by atoms with E-state index in [4.69, 9.17) is 15.2 Å². The number of nitrogens with one attached hydrogen (secondary N) is 1. The first-order valence-corrected chi connectivity index (χ1v) is 8.90. The van der Waals surface area contributed by atoms with E-state index < -0.39 is 11.9 Å². The molecular weight excluding hydrogens is 404 g/mol. The van der Waals surface area contributed by atoms with Crippen molar-refractivity contribution in [3.05, 3.63) is 40.0 Å². The van der Waals surface area contributed by atoms with Crippen LogP contribution >= 0.6 is 15.9 Å². The maximum Gasteiger partial charge on any atom is 0.339 e. The predicted molar refractivity (Wildman–Crippen MR) is 98.6 cm³/mol. The van der Waals surface area contributed by atoms with Crippen molar-refractivity contribution in [1.29, 1.82) is 0 Å². The van der Waals surface area contributed by atoms with Gasteiger partial charge in [-0.05, 0) is 47.0 Å². The van der Waals surface area contributed by atoms with Crippen molar-refractivity contribution >= 4 is 39.3 Å². The fourth-order valence-corrected chi connectivity index (χ4v) is 3.20. The average Bonchev–Trinajstić information content (AvgIpc) is 3.07. The average molecular weight is 423 g/mol. The van der Waals surface area contributed by atoms with E-state index in [1.165, 1.54) is 7.11 Å². The molecule has 9 heteroatoms. The number of anilines is 2. The summed E-state index contributed by atoms with van der Waals surface area (Å²) >= 11 is 3.31. The van der Waals surface area contributed by atoms with E-state index in [0.29, 0.717) is 28.1 Å². The minimum Gasteiger partial charge on any atom is -0.465 e. The number of hydrogen-bond donors (Lipinski definition) is 2. The number of nitrogens with two attached hydrogens (primary N) is 1. The van der Waals surface area contributed by atoms with Crippen molar-refractivity contribution in [2.24, 2.45) is 5.73 Å². The Kier molecular flexibility index (Phi) is 5.58. The highest BCUT2D eigenvalue weighted by Gasteiger charge is 2.22. The van der Waals surface area contributed by atoms with Gasteiger partial charge in [-0.2, -0.15) is 5.10 Å². The fraction of sp³-hybridized carbons (Fsp3) is 0.353. The summed E-state index contributed by atoms with van der Waals surface area (Å²) in [6, 6.07) is 5.14. The van der Waals surface area contributed by atoms with Crippen molar-refractivity contribution in [3.63, 3.8) is 0 Å². The molecule has 0 aliphatic carbocycles. The van der Waals surface area contributed by atoms with Gasteiger partial charge in [0.25, 0.3) is 5.91 Å². The van der Waals surface area contributed by atoms with E-state index in [0.717, 1.165) is 19.4 Å². The van der Waals surface area contributed by atoms with Crippen molar-refractivity contribution in [2.45, 2.75) is 18.9 Å². The largest absolute Gasteiger partial charge is 0.465 e. The Bertz CT molecular complexity index is 830. The molecule has 3 N–H and O–H groups in total. The van der Waals surface area contributed by atoms with E-state index in [1.54, 1.807) is 29.1 Å². The van der Waals surface area contributed by atoms with Crippen LogP contribution in [0.2, 0.25) is 0 Å². The number of hydrogen-bond acceptors (Lipinski definition) is 6. The lowest BCUT2D eigenvalue weighted by molar-refractivity contribution is 0.0550. The number of rotatable bonds is 5.